The van der Waals surface area contributed by atoms with Gasteiger partial charge in [-0.2, -0.15) is 9.59 Å². The summed E-state index contributed by atoms with van der Waals surface area (Å²) in [7, 11) is 0. The summed E-state index contributed by atoms with van der Waals surface area (Å²) in [5.41, 5.74) is 12.7. The normalized spacial score (nSPS) is 2.93. The van der Waals surface area contributed by atoms with Crippen molar-refractivity contribution in [2.24, 2.45) is 17.2 Å². The van der Waals surface area contributed by atoms with E-state index in [1.165, 1.54) is 0 Å². The highest BCUT2D eigenvalue weighted by molar-refractivity contribution is 5.69. The first-order valence-corrected chi connectivity index (χ1v) is 1.76. The van der Waals surface area contributed by atoms with Crippen LogP contribution in [-0.2, 0) is 14.4 Å². The summed E-state index contributed by atoms with van der Waals surface area (Å²) in [6, 6.07) is -0.833. The molecule has 102 valence electrons. The average molecular weight is 238 g/mol. The van der Waals surface area contributed by atoms with Crippen LogP contribution in [0.1, 0.15) is 17.7 Å². The highest BCUT2D eigenvalue weighted by atomic mass is 16.2. The maximum absolute atomic E-state index is 9.00. The monoisotopic (exact) mass is 238 g/mol. The molecule has 0 atom stereocenters. The lowest BCUT2D eigenvalue weighted by Gasteiger charge is -1.62. The van der Waals surface area contributed by atoms with E-state index in [0.29, 0.717) is 0 Å². The summed E-state index contributed by atoms with van der Waals surface area (Å²) in [6.45, 7) is 0. The van der Waals surface area contributed by atoms with Crippen LogP contribution in [0.15, 0.2) is 0 Å². The molecule has 0 unspecified atom stereocenters. The standard InChI is InChI=1S/CH4N2O.CH3NO.CO2.2CH4.2H3N.H2O.2H2/c2-1(3)4;2*2-1-3;;;;;;;/h(H4,2,3,4);1H,(H2,2,3);;2*1H4;2*1H3;1H2;2*1H/p+1. The SMILES string of the molecule is C.C.N.NC(N)=O.NC=O.O.O=C=O.[HH].[HH].[NH4+]. The second-order valence-corrected chi connectivity index (χ2v) is 0.622. The lowest BCUT2D eigenvalue weighted by molar-refractivity contribution is -0.191. The number of amides is 3. The number of carbonyl (C=O) groups excluding carboxylic acids is 4. The number of rotatable bonds is 0. The molecule has 0 radical (unpaired) electrons. The van der Waals surface area contributed by atoms with Gasteiger partial charge in [0.05, 0.1) is 0 Å². The first kappa shape index (κ1) is 74.9. The van der Waals surface area contributed by atoms with Gasteiger partial charge in [-0.1, -0.05) is 14.9 Å². The van der Waals surface area contributed by atoms with Crippen molar-refractivity contribution in [1.29, 1.82) is 0 Å². The van der Waals surface area contributed by atoms with Gasteiger partial charge in [0.25, 0.3) is 0 Å². The highest BCUT2D eigenvalue weighted by Crippen LogP contribution is 1.25. The van der Waals surface area contributed by atoms with E-state index < -0.39 is 6.03 Å². The molecule has 0 bridgehead atoms. The Morgan fingerprint density at radius 1 is 1.20 bits per heavy atom. The molecule has 0 rings (SSSR count). The molecule has 0 saturated heterocycles. The minimum absolute atomic E-state index is 0. The average Bonchev–Trinajstić information content (AvgIpc) is 1.65. The van der Waals surface area contributed by atoms with Gasteiger partial charge < -0.3 is 35.0 Å². The zero-order valence-corrected chi connectivity index (χ0v) is 7.15. The fourth-order valence-corrected chi connectivity index (χ4v) is 0. The third-order valence-electron chi connectivity index (χ3n) is 0. The van der Waals surface area contributed by atoms with Gasteiger partial charge in [-0.3, -0.25) is 4.79 Å². The van der Waals surface area contributed by atoms with Gasteiger partial charge in [0.2, 0.25) is 6.41 Å². The Bertz CT molecular complexity index is 130. The Kier molecular flexibility index (Phi) is 805. The maximum Gasteiger partial charge on any atom is 0.373 e. The van der Waals surface area contributed by atoms with Crippen LogP contribution in [0.5, 0.6) is 0 Å². The number of nitrogens with two attached hydrogens (primary N) is 3. The van der Waals surface area contributed by atoms with Crippen molar-refractivity contribution in [2.45, 2.75) is 14.9 Å². The molecule has 0 aromatic rings. The first-order valence-electron chi connectivity index (χ1n) is 1.76. The van der Waals surface area contributed by atoms with Crippen molar-refractivity contribution in [3.63, 3.8) is 0 Å². The van der Waals surface area contributed by atoms with Crippen molar-refractivity contribution in [1.82, 2.24) is 12.3 Å². The van der Waals surface area contributed by atoms with E-state index in [1.54, 1.807) is 0 Å². The molecule has 0 aliphatic heterocycles. The van der Waals surface area contributed by atoms with E-state index in [9.17, 15) is 0 Å². The van der Waals surface area contributed by atoms with Crippen LogP contribution in [0.4, 0.5) is 4.79 Å². The van der Waals surface area contributed by atoms with E-state index in [-0.39, 0.29) is 48.0 Å². The van der Waals surface area contributed by atoms with Gasteiger partial charge in [-0.15, -0.1) is 0 Å². The molecule has 15 N–H and O–H groups in total. The molecule has 0 aliphatic rings. The molecule has 0 saturated carbocycles. The Labute approximate surface area is 91.6 Å². The predicted molar refractivity (Wildman–Crippen MR) is 61.3 cm³/mol. The summed E-state index contributed by atoms with van der Waals surface area (Å²) in [4.78, 5) is 33.8. The maximum atomic E-state index is 9.00. The Morgan fingerprint density at radius 2 is 1.20 bits per heavy atom. The van der Waals surface area contributed by atoms with Gasteiger partial charge in [0.15, 0.2) is 0 Å². The molecule has 0 spiro atoms. The number of hydrogen-bond donors (Lipinski definition) is 5. The van der Waals surface area contributed by atoms with Crippen molar-refractivity contribution in [3.8, 4) is 0 Å². The molecule has 0 aliphatic carbocycles. The van der Waals surface area contributed by atoms with Crippen LogP contribution in [0.3, 0.4) is 0 Å². The molecule has 3 amide bonds. The highest BCUT2D eigenvalue weighted by Gasteiger charge is 1.60. The quantitative estimate of drug-likeness (QED) is 0.332. The lowest BCUT2D eigenvalue weighted by atomic mass is 11.2. The fraction of sp³-hybridized carbons (Fsp3) is 0.400. The zero-order valence-electron chi connectivity index (χ0n) is 7.15. The van der Waals surface area contributed by atoms with Crippen molar-refractivity contribution in [2.75, 3.05) is 0 Å². The number of carbonyl (C=O) groups is 2. The molecule has 15 heavy (non-hydrogen) atoms. The minimum Gasteiger partial charge on any atom is -0.412 e. The topological polar surface area (TPSA) is 249 Å². The van der Waals surface area contributed by atoms with Gasteiger partial charge in [0.1, 0.15) is 0 Å². The van der Waals surface area contributed by atoms with Gasteiger partial charge in [-0.05, 0) is 0 Å². The molecular weight excluding hydrogens is 210 g/mol. The number of hydrogen-bond acceptors (Lipinski definition) is 5. The first-order chi connectivity index (χ1) is 4.56. The number of quaternary nitrogens is 1. The Hall–Kier alpha value is -2.00. The summed E-state index contributed by atoms with van der Waals surface area (Å²) in [6.07, 6.45) is 0.500. The van der Waals surface area contributed by atoms with E-state index in [2.05, 4.69) is 17.2 Å². The van der Waals surface area contributed by atoms with Crippen molar-refractivity contribution < 1.29 is 27.5 Å². The molecular formula is C5H28N5O5+. The third-order valence-corrected chi connectivity index (χ3v) is 0. The molecule has 0 aromatic carbocycles. The van der Waals surface area contributed by atoms with E-state index in [1.807, 2.05) is 0 Å². The lowest BCUT2D eigenvalue weighted by Crippen LogP contribution is -2.18. The smallest absolute Gasteiger partial charge is 0.373 e. The van der Waals surface area contributed by atoms with Gasteiger partial charge >= 0.3 is 12.2 Å². The van der Waals surface area contributed by atoms with Crippen molar-refractivity contribution in [3.05, 3.63) is 0 Å². The second-order valence-electron chi connectivity index (χ2n) is 0.622. The van der Waals surface area contributed by atoms with E-state index in [4.69, 9.17) is 19.2 Å². The zero-order chi connectivity index (χ0) is 8.99. The van der Waals surface area contributed by atoms with Crippen LogP contribution in [0.25, 0.3) is 0 Å². The second kappa shape index (κ2) is 161. The molecule has 0 heterocycles. The summed E-state index contributed by atoms with van der Waals surface area (Å²) in [5.74, 6) is 0. The van der Waals surface area contributed by atoms with Gasteiger partial charge in [0, 0.05) is 2.85 Å². The van der Waals surface area contributed by atoms with E-state index >= 15 is 0 Å². The Morgan fingerprint density at radius 3 is 1.20 bits per heavy atom. The minimum atomic E-state index is -0.833. The fourth-order valence-electron chi connectivity index (χ4n) is 0. The van der Waals surface area contributed by atoms with Crippen LogP contribution in [0.2, 0.25) is 0 Å². The summed E-state index contributed by atoms with van der Waals surface area (Å²) < 4.78 is 0. The molecule has 10 heteroatoms. The van der Waals surface area contributed by atoms with E-state index in [0.717, 1.165) is 0 Å². The predicted octanol–water partition coefficient (Wildman–Crippen LogP) is -0.980. The summed E-state index contributed by atoms with van der Waals surface area (Å²) >= 11 is 0. The molecule has 0 aromatic heterocycles. The van der Waals surface area contributed by atoms with Crippen LogP contribution < -0.4 is 29.5 Å². The molecule has 10 nitrogen and oxygen atoms in total. The number of urea groups is 1. The van der Waals surface area contributed by atoms with Gasteiger partial charge in [-0.25, -0.2) is 4.79 Å². The van der Waals surface area contributed by atoms with Crippen LogP contribution >= 0.6 is 0 Å². The number of primary amides is 3. The van der Waals surface area contributed by atoms with Crippen LogP contribution in [0, 0.1) is 0 Å². The largest absolute Gasteiger partial charge is 0.412 e. The third kappa shape index (κ3) is 300. The Balaban J connectivity index is -0.00000000452. The molecule has 0 fully saturated rings. The summed E-state index contributed by atoms with van der Waals surface area (Å²) in [5, 5.41) is 0. The van der Waals surface area contributed by atoms with Crippen molar-refractivity contribution >= 4 is 18.6 Å². The van der Waals surface area contributed by atoms with Crippen LogP contribution in [-0.4, -0.2) is 24.1 Å².